The highest BCUT2D eigenvalue weighted by molar-refractivity contribution is 5.83. The summed E-state index contributed by atoms with van der Waals surface area (Å²) in [5, 5.41) is 8.23. The first-order valence-corrected chi connectivity index (χ1v) is 5.03. The van der Waals surface area contributed by atoms with E-state index in [-0.39, 0.29) is 6.04 Å². The number of ether oxygens (including phenoxy) is 1. The lowest BCUT2D eigenvalue weighted by Gasteiger charge is -2.06. The Hall–Kier alpha value is -1.55. The number of nitrogens with zero attached hydrogens (tertiary/aromatic N) is 1. The van der Waals surface area contributed by atoms with Gasteiger partial charge in [-0.25, -0.2) is 0 Å². The molecule has 3 N–H and O–H groups in total. The van der Waals surface area contributed by atoms with Crippen LogP contribution < -0.4 is 10.5 Å². The lowest BCUT2D eigenvalue weighted by Crippen LogP contribution is -2.09. The summed E-state index contributed by atoms with van der Waals surface area (Å²) in [6.07, 6.45) is 0.883. The molecule has 0 aliphatic carbocycles. The fourth-order valence-electron chi connectivity index (χ4n) is 1.62. The molecule has 0 saturated heterocycles. The second-order valence-corrected chi connectivity index (χ2v) is 3.54. The summed E-state index contributed by atoms with van der Waals surface area (Å²) in [6.45, 7) is 2.05. The molecule has 0 aliphatic rings. The minimum Gasteiger partial charge on any atom is -0.497 e. The van der Waals surface area contributed by atoms with Gasteiger partial charge in [0.25, 0.3) is 0 Å². The van der Waals surface area contributed by atoms with Crippen molar-refractivity contribution in [1.29, 1.82) is 0 Å². The van der Waals surface area contributed by atoms with Crippen molar-refractivity contribution < 1.29 is 4.74 Å². The van der Waals surface area contributed by atoms with Gasteiger partial charge in [-0.2, -0.15) is 5.10 Å². The standard InChI is InChI=1S/C11H15N3O/c1-3-9(12)11-8-6-7(15-2)4-5-10(8)13-14-11/h4-6,9H,3,12H2,1-2H3,(H,13,14). The number of aromatic nitrogens is 2. The molecule has 1 unspecified atom stereocenters. The monoisotopic (exact) mass is 205 g/mol. The van der Waals surface area contributed by atoms with Crippen molar-refractivity contribution in [3.05, 3.63) is 23.9 Å². The fraction of sp³-hybridized carbons (Fsp3) is 0.364. The Morgan fingerprint density at radius 1 is 1.53 bits per heavy atom. The molecule has 0 radical (unpaired) electrons. The molecule has 0 amide bonds. The Kier molecular flexibility index (Phi) is 2.60. The van der Waals surface area contributed by atoms with Crippen molar-refractivity contribution in [2.45, 2.75) is 19.4 Å². The summed E-state index contributed by atoms with van der Waals surface area (Å²) in [6, 6.07) is 5.78. The van der Waals surface area contributed by atoms with E-state index >= 15 is 0 Å². The number of benzene rings is 1. The van der Waals surface area contributed by atoms with Crippen molar-refractivity contribution in [1.82, 2.24) is 10.2 Å². The molecule has 15 heavy (non-hydrogen) atoms. The van der Waals surface area contributed by atoms with Crippen LogP contribution in [0.25, 0.3) is 10.9 Å². The van der Waals surface area contributed by atoms with Gasteiger partial charge in [-0.3, -0.25) is 5.10 Å². The fourth-order valence-corrected chi connectivity index (χ4v) is 1.62. The molecule has 80 valence electrons. The number of methoxy groups -OCH3 is 1. The number of nitrogens with two attached hydrogens (primary N) is 1. The number of H-pyrrole nitrogens is 1. The Morgan fingerprint density at radius 2 is 2.33 bits per heavy atom. The maximum Gasteiger partial charge on any atom is 0.119 e. The molecular weight excluding hydrogens is 190 g/mol. The third-order valence-electron chi connectivity index (χ3n) is 2.60. The highest BCUT2D eigenvalue weighted by Crippen LogP contribution is 2.25. The third-order valence-corrected chi connectivity index (χ3v) is 2.60. The first-order valence-electron chi connectivity index (χ1n) is 5.03. The highest BCUT2D eigenvalue weighted by Gasteiger charge is 2.11. The molecule has 0 bridgehead atoms. The normalized spacial score (nSPS) is 13.0. The highest BCUT2D eigenvalue weighted by atomic mass is 16.5. The summed E-state index contributed by atoms with van der Waals surface area (Å²) in [4.78, 5) is 0. The van der Waals surface area contributed by atoms with Gasteiger partial charge in [0, 0.05) is 11.4 Å². The quantitative estimate of drug-likeness (QED) is 0.805. The molecule has 1 atom stereocenters. The summed E-state index contributed by atoms with van der Waals surface area (Å²) < 4.78 is 5.18. The Morgan fingerprint density at radius 3 is 3.00 bits per heavy atom. The molecular formula is C11H15N3O. The lowest BCUT2D eigenvalue weighted by molar-refractivity contribution is 0.415. The Labute approximate surface area is 88.4 Å². The molecule has 1 aromatic heterocycles. The molecule has 2 rings (SSSR count). The predicted octanol–water partition coefficient (Wildman–Crippen LogP) is 1.98. The number of rotatable bonds is 3. The largest absolute Gasteiger partial charge is 0.497 e. The van der Waals surface area contributed by atoms with Gasteiger partial charge < -0.3 is 10.5 Å². The number of hydrogen-bond acceptors (Lipinski definition) is 3. The van der Waals surface area contributed by atoms with E-state index in [1.807, 2.05) is 18.2 Å². The van der Waals surface area contributed by atoms with Crippen LogP contribution in [0.5, 0.6) is 5.75 Å². The minimum atomic E-state index is 0.00195. The molecule has 2 aromatic rings. The molecule has 1 heterocycles. The van der Waals surface area contributed by atoms with Gasteiger partial charge in [-0.15, -0.1) is 0 Å². The van der Waals surface area contributed by atoms with E-state index in [9.17, 15) is 0 Å². The minimum absolute atomic E-state index is 0.00195. The zero-order valence-electron chi connectivity index (χ0n) is 8.95. The Balaban J connectivity index is 2.56. The zero-order chi connectivity index (χ0) is 10.8. The van der Waals surface area contributed by atoms with Gasteiger partial charge >= 0.3 is 0 Å². The molecule has 4 heteroatoms. The maximum atomic E-state index is 5.98. The molecule has 0 fully saturated rings. The van der Waals surface area contributed by atoms with Crippen molar-refractivity contribution in [3.8, 4) is 5.75 Å². The number of fused-ring (bicyclic) bond motifs is 1. The van der Waals surface area contributed by atoms with Gasteiger partial charge in [-0.05, 0) is 24.6 Å². The molecule has 0 saturated carbocycles. The van der Waals surface area contributed by atoms with Gasteiger partial charge in [0.15, 0.2) is 0 Å². The van der Waals surface area contributed by atoms with Gasteiger partial charge in [-0.1, -0.05) is 6.92 Å². The SMILES string of the molecule is CCC(N)c1[nH]nc2ccc(OC)cc12. The van der Waals surface area contributed by atoms with Crippen molar-refractivity contribution in [2.24, 2.45) is 5.73 Å². The first-order chi connectivity index (χ1) is 7.26. The van der Waals surface area contributed by atoms with Gasteiger partial charge in [0.1, 0.15) is 5.75 Å². The van der Waals surface area contributed by atoms with Crippen LogP contribution in [0.4, 0.5) is 0 Å². The van der Waals surface area contributed by atoms with E-state index in [0.717, 1.165) is 28.8 Å². The van der Waals surface area contributed by atoms with E-state index in [4.69, 9.17) is 10.5 Å². The molecule has 1 aromatic carbocycles. The maximum absolute atomic E-state index is 5.98. The second kappa shape index (κ2) is 3.90. The molecule has 0 aliphatic heterocycles. The lowest BCUT2D eigenvalue weighted by atomic mass is 10.1. The van der Waals surface area contributed by atoms with E-state index in [2.05, 4.69) is 17.1 Å². The second-order valence-electron chi connectivity index (χ2n) is 3.54. The van der Waals surface area contributed by atoms with Crippen LogP contribution in [0.1, 0.15) is 25.1 Å². The average Bonchev–Trinajstić information content (AvgIpc) is 2.70. The van der Waals surface area contributed by atoms with E-state index in [1.54, 1.807) is 7.11 Å². The van der Waals surface area contributed by atoms with Crippen LogP contribution in [-0.2, 0) is 0 Å². The smallest absolute Gasteiger partial charge is 0.119 e. The van der Waals surface area contributed by atoms with Crippen LogP contribution >= 0.6 is 0 Å². The predicted molar refractivity (Wildman–Crippen MR) is 59.9 cm³/mol. The third kappa shape index (κ3) is 1.68. The van der Waals surface area contributed by atoms with Crippen LogP contribution in [-0.4, -0.2) is 17.3 Å². The summed E-state index contributed by atoms with van der Waals surface area (Å²) in [5.41, 5.74) is 7.89. The van der Waals surface area contributed by atoms with Crippen LogP contribution in [0, 0.1) is 0 Å². The number of nitrogens with one attached hydrogen (secondary N) is 1. The first kappa shape index (κ1) is 9.98. The van der Waals surface area contributed by atoms with E-state index in [0.29, 0.717) is 0 Å². The van der Waals surface area contributed by atoms with Crippen molar-refractivity contribution >= 4 is 10.9 Å². The Bertz CT molecular complexity index is 464. The van der Waals surface area contributed by atoms with E-state index < -0.39 is 0 Å². The van der Waals surface area contributed by atoms with E-state index in [1.165, 1.54) is 0 Å². The van der Waals surface area contributed by atoms with Crippen molar-refractivity contribution in [2.75, 3.05) is 7.11 Å². The van der Waals surface area contributed by atoms with Crippen LogP contribution in [0.15, 0.2) is 18.2 Å². The van der Waals surface area contributed by atoms with Gasteiger partial charge in [0.05, 0.1) is 18.3 Å². The summed E-state index contributed by atoms with van der Waals surface area (Å²) in [5.74, 6) is 0.827. The van der Waals surface area contributed by atoms with Crippen molar-refractivity contribution in [3.63, 3.8) is 0 Å². The summed E-state index contributed by atoms with van der Waals surface area (Å²) in [7, 11) is 1.65. The average molecular weight is 205 g/mol. The van der Waals surface area contributed by atoms with Gasteiger partial charge in [0.2, 0.25) is 0 Å². The number of aromatic amines is 1. The van der Waals surface area contributed by atoms with Crippen LogP contribution in [0.3, 0.4) is 0 Å². The zero-order valence-corrected chi connectivity index (χ0v) is 8.95. The summed E-state index contributed by atoms with van der Waals surface area (Å²) >= 11 is 0. The topological polar surface area (TPSA) is 63.9 Å². The van der Waals surface area contributed by atoms with Crippen LogP contribution in [0.2, 0.25) is 0 Å². The molecule has 0 spiro atoms. The number of hydrogen-bond donors (Lipinski definition) is 2. The molecule has 4 nitrogen and oxygen atoms in total.